The Kier molecular flexibility index (Phi) is 6.33. The van der Waals surface area contributed by atoms with Crippen molar-refractivity contribution in [2.75, 3.05) is 11.9 Å². The molecule has 0 bridgehead atoms. The Morgan fingerprint density at radius 1 is 0.738 bits per heavy atom. The van der Waals surface area contributed by atoms with Crippen LogP contribution in [0, 0.1) is 0 Å². The first-order valence-corrected chi connectivity index (χ1v) is 15.4. The predicted molar refractivity (Wildman–Crippen MR) is 181 cm³/mol. The third kappa shape index (κ3) is 4.11. The fourth-order valence-corrected chi connectivity index (χ4v) is 7.73. The molecule has 210 valence electrons. The predicted octanol–water partition coefficient (Wildman–Crippen LogP) is 10.8. The molecule has 0 unspecified atom stereocenters. The fourth-order valence-electron chi connectivity index (χ4n) is 7.41. The minimum Gasteiger partial charge on any atom is -0.347 e. The molecule has 4 aromatic carbocycles. The molecule has 3 heteroatoms. The molecule has 3 aliphatic rings. The number of anilines is 1. The second-order valence-corrected chi connectivity index (χ2v) is 13.3. The largest absolute Gasteiger partial charge is 0.347 e. The van der Waals surface area contributed by atoms with E-state index >= 15 is 0 Å². The monoisotopic (exact) mass is 568 g/mol. The van der Waals surface area contributed by atoms with Crippen LogP contribution in [-0.4, -0.2) is 12.8 Å². The van der Waals surface area contributed by atoms with E-state index < -0.39 is 0 Å². The van der Waals surface area contributed by atoms with Crippen LogP contribution >= 0.6 is 11.6 Å². The standard InChI is InChI=1S/C39H37ClN2/c1-38(2)33(41-31-21-17-25-11-6-8-15-29(25)35(31)38)23-19-27-13-10-14-28(37(27)40)20-24-34-39(3,4)36-30-16-9-7-12-26(30)18-22-32(36)42(34)5/h6-9,11-12,15-24H,10,13-14H2,1-5H3. The van der Waals surface area contributed by atoms with Gasteiger partial charge >= 0.3 is 0 Å². The lowest BCUT2D eigenvalue weighted by Gasteiger charge is -2.25. The summed E-state index contributed by atoms with van der Waals surface area (Å²) in [4.78, 5) is 7.42. The molecule has 42 heavy (non-hydrogen) atoms. The van der Waals surface area contributed by atoms with Crippen LogP contribution in [0.25, 0.3) is 21.5 Å². The van der Waals surface area contributed by atoms with Gasteiger partial charge in [0.15, 0.2) is 0 Å². The molecule has 0 atom stereocenters. The fraction of sp³-hybridized carbons (Fsp3) is 0.256. The van der Waals surface area contributed by atoms with Crippen molar-refractivity contribution < 1.29 is 0 Å². The highest BCUT2D eigenvalue weighted by molar-refractivity contribution is 6.32. The number of hydrogen-bond donors (Lipinski definition) is 0. The highest BCUT2D eigenvalue weighted by atomic mass is 35.5. The second-order valence-electron chi connectivity index (χ2n) is 12.9. The van der Waals surface area contributed by atoms with Crippen molar-refractivity contribution in [3.8, 4) is 0 Å². The van der Waals surface area contributed by atoms with Gasteiger partial charge in [-0.05, 0) is 87.4 Å². The normalized spacial score (nSPS) is 21.2. The summed E-state index contributed by atoms with van der Waals surface area (Å²) >= 11 is 7.11. The van der Waals surface area contributed by atoms with Crippen LogP contribution in [-0.2, 0) is 10.8 Å². The van der Waals surface area contributed by atoms with Crippen molar-refractivity contribution in [3.05, 3.63) is 130 Å². The molecule has 0 saturated heterocycles. The van der Waals surface area contributed by atoms with Crippen LogP contribution in [0.4, 0.5) is 11.4 Å². The zero-order chi connectivity index (χ0) is 29.2. The van der Waals surface area contributed by atoms with Crippen molar-refractivity contribution in [1.29, 1.82) is 0 Å². The Hall–Kier alpha value is -3.88. The average molecular weight is 569 g/mol. The number of aliphatic imine (C=N–C) groups is 1. The molecule has 0 aromatic heterocycles. The van der Waals surface area contributed by atoms with Crippen molar-refractivity contribution in [2.45, 2.75) is 57.8 Å². The van der Waals surface area contributed by atoms with Gasteiger partial charge < -0.3 is 4.90 Å². The van der Waals surface area contributed by atoms with Crippen LogP contribution in [0.2, 0.25) is 0 Å². The van der Waals surface area contributed by atoms with Crippen molar-refractivity contribution >= 4 is 50.2 Å². The SMILES string of the molecule is CN1C(=CC=C2CCCC(C=CC3=Nc4ccc5ccccc5c4C3(C)C)=C2Cl)C(C)(C)c2c1ccc1ccccc21. The maximum Gasteiger partial charge on any atom is 0.0681 e. The highest BCUT2D eigenvalue weighted by Crippen LogP contribution is 2.50. The van der Waals surface area contributed by atoms with E-state index in [4.69, 9.17) is 16.6 Å². The molecule has 0 saturated carbocycles. The third-order valence-electron chi connectivity index (χ3n) is 9.65. The Balaban J connectivity index is 1.20. The first kappa shape index (κ1) is 27.0. The van der Waals surface area contributed by atoms with Crippen molar-refractivity contribution in [1.82, 2.24) is 0 Å². The van der Waals surface area contributed by atoms with E-state index in [1.54, 1.807) is 0 Å². The molecule has 2 nitrogen and oxygen atoms in total. The van der Waals surface area contributed by atoms with Gasteiger partial charge in [0, 0.05) is 34.3 Å². The molecule has 7 rings (SSSR count). The topological polar surface area (TPSA) is 15.6 Å². The number of hydrogen-bond acceptors (Lipinski definition) is 2. The van der Waals surface area contributed by atoms with Gasteiger partial charge in [0.25, 0.3) is 0 Å². The van der Waals surface area contributed by atoms with E-state index in [0.717, 1.165) is 35.7 Å². The Morgan fingerprint density at radius 3 is 2.14 bits per heavy atom. The van der Waals surface area contributed by atoms with Gasteiger partial charge in [0.1, 0.15) is 0 Å². The van der Waals surface area contributed by atoms with Crippen molar-refractivity contribution in [2.24, 2.45) is 4.99 Å². The summed E-state index contributed by atoms with van der Waals surface area (Å²) in [6.45, 7) is 9.24. The summed E-state index contributed by atoms with van der Waals surface area (Å²) in [5.41, 5.74) is 9.57. The van der Waals surface area contributed by atoms with Gasteiger partial charge in [-0.15, -0.1) is 0 Å². The molecule has 2 heterocycles. The first-order chi connectivity index (χ1) is 20.2. The molecule has 1 aliphatic carbocycles. The summed E-state index contributed by atoms with van der Waals surface area (Å²) in [5.74, 6) is 0. The van der Waals surface area contributed by atoms with E-state index in [9.17, 15) is 0 Å². The quantitative estimate of drug-likeness (QED) is 0.240. The van der Waals surface area contributed by atoms with Gasteiger partial charge in [-0.3, -0.25) is 4.99 Å². The number of benzene rings is 4. The van der Waals surface area contributed by atoms with E-state index in [-0.39, 0.29) is 10.8 Å². The number of likely N-dealkylation sites (N-methyl/N-ethyl adjacent to an activating group) is 1. The van der Waals surface area contributed by atoms with Gasteiger partial charge in [-0.25, -0.2) is 0 Å². The third-order valence-corrected chi connectivity index (χ3v) is 10.1. The maximum atomic E-state index is 7.11. The zero-order valence-electron chi connectivity index (χ0n) is 25.1. The molecule has 0 fully saturated rings. The zero-order valence-corrected chi connectivity index (χ0v) is 25.9. The minimum absolute atomic E-state index is 0.110. The Morgan fingerprint density at radius 2 is 1.40 bits per heavy atom. The molecule has 0 radical (unpaired) electrons. The first-order valence-electron chi connectivity index (χ1n) is 15.0. The number of halogens is 1. The average Bonchev–Trinajstić information content (AvgIpc) is 3.36. The van der Waals surface area contributed by atoms with E-state index in [1.165, 1.54) is 55.2 Å². The lowest BCUT2D eigenvalue weighted by Crippen LogP contribution is -2.24. The summed E-state index contributed by atoms with van der Waals surface area (Å²) in [7, 11) is 2.18. The minimum atomic E-state index is -0.171. The molecule has 0 N–H and O–H groups in total. The number of fused-ring (bicyclic) bond motifs is 6. The molecule has 4 aromatic rings. The highest BCUT2D eigenvalue weighted by Gasteiger charge is 2.39. The van der Waals surface area contributed by atoms with Gasteiger partial charge in [-0.1, -0.05) is 112 Å². The summed E-state index contributed by atoms with van der Waals surface area (Å²) in [6.07, 6.45) is 12.0. The summed E-state index contributed by atoms with van der Waals surface area (Å²) in [6, 6.07) is 26.2. The number of allylic oxidation sites excluding steroid dienone is 8. The van der Waals surface area contributed by atoms with Crippen LogP contribution in [0.3, 0.4) is 0 Å². The number of rotatable bonds is 3. The summed E-state index contributed by atoms with van der Waals surface area (Å²) in [5, 5.41) is 6.06. The van der Waals surface area contributed by atoms with Gasteiger partial charge in [0.2, 0.25) is 0 Å². The lowest BCUT2D eigenvalue weighted by molar-refractivity contribution is 0.645. The van der Waals surface area contributed by atoms with E-state index in [0.29, 0.717) is 0 Å². The van der Waals surface area contributed by atoms with E-state index in [2.05, 4.69) is 137 Å². The van der Waals surface area contributed by atoms with E-state index in [1.807, 2.05) is 0 Å². The molecular formula is C39H37ClN2. The van der Waals surface area contributed by atoms with Crippen LogP contribution in [0.1, 0.15) is 58.1 Å². The van der Waals surface area contributed by atoms with Crippen molar-refractivity contribution in [3.63, 3.8) is 0 Å². The molecule has 0 spiro atoms. The number of nitrogens with zero attached hydrogens (tertiary/aromatic N) is 2. The van der Waals surface area contributed by atoms with Crippen LogP contribution in [0.15, 0.2) is 124 Å². The smallest absolute Gasteiger partial charge is 0.0681 e. The van der Waals surface area contributed by atoms with Gasteiger partial charge in [0.05, 0.1) is 11.4 Å². The molecular weight excluding hydrogens is 532 g/mol. The Bertz CT molecular complexity index is 1930. The Labute approximate surface area is 254 Å². The van der Waals surface area contributed by atoms with Gasteiger partial charge in [-0.2, -0.15) is 0 Å². The lowest BCUT2D eigenvalue weighted by atomic mass is 9.79. The molecule has 2 aliphatic heterocycles. The summed E-state index contributed by atoms with van der Waals surface area (Å²) < 4.78 is 0. The molecule has 0 amide bonds. The second kappa shape index (κ2) is 9.85. The van der Waals surface area contributed by atoms with Crippen LogP contribution < -0.4 is 4.90 Å². The maximum absolute atomic E-state index is 7.11. The van der Waals surface area contributed by atoms with Crippen LogP contribution in [0.5, 0.6) is 0 Å².